The molecule has 0 N–H and O–H groups in total. The predicted molar refractivity (Wildman–Crippen MR) is 101 cm³/mol. The number of carbonyl (C=O) groups excluding carboxylic acids is 2. The Kier molecular flexibility index (Phi) is 4.69. The third-order valence-corrected chi connectivity index (χ3v) is 5.33. The number of nitrogens with zero attached hydrogens (tertiary/aromatic N) is 5. The summed E-state index contributed by atoms with van der Waals surface area (Å²) < 4.78 is 0.913. The monoisotopic (exact) mass is 415 g/mol. The molecule has 1 aromatic heterocycles. The summed E-state index contributed by atoms with van der Waals surface area (Å²) in [6.07, 6.45) is 3.69. The van der Waals surface area contributed by atoms with Crippen LogP contribution in [0.4, 0.5) is 11.6 Å². The van der Waals surface area contributed by atoms with Crippen molar-refractivity contribution in [3.05, 3.63) is 47.2 Å². The first-order valence-corrected chi connectivity index (χ1v) is 9.31. The molecule has 0 unspecified atom stereocenters. The summed E-state index contributed by atoms with van der Waals surface area (Å²) in [6.45, 7) is 2.88. The molecule has 0 bridgehead atoms. The van der Waals surface area contributed by atoms with Gasteiger partial charge in [0.2, 0.25) is 11.9 Å². The lowest BCUT2D eigenvalue weighted by Crippen LogP contribution is -2.53. The largest absolute Gasteiger partial charge is 0.338 e. The molecule has 2 aromatic rings. The first-order valence-electron chi connectivity index (χ1n) is 8.52. The van der Waals surface area contributed by atoms with Gasteiger partial charge in [-0.2, -0.15) is 0 Å². The van der Waals surface area contributed by atoms with Crippen molar-refractivity contribution in [3.8, 4) is 0 Å². The highest BCUT2D eigenvalue weighted by Crippen LogP contribution is 2.27. The van der Waals surface area contributed by atoms with E-state index in [1.807, 2.05) is 12.1 Å². The molecule has 8 heteroatoms. The lowest BCUT2D eigenvalue weighted by molar-refractivity contribution is -0.123. The molecule has 2 saturated heterocycles. The molecular formula is C18H18BrN5O2. The number of carbonyl (C=O) groups is 2. The summed E-state index contributed by atoms with van der Waals surface area (Å²) in [5.41, 5.74) is 0.627. The topological polar surface area (TPSA) is 69.6 Å². The zero-order valence-electron chi connectivity index (χ0n) is 14.1. The molecule has 2 amide bonds. The van der Waals surface area contributed by atoms with E-state index in [0.29, 0.717) is 24.7 Å². The van der Waals surface area contributed by atoms with Gasteiger partial charge in [0.25, 0.3) is 5.91 Å². The van der Waals surface area contributed by atoms with Crippen LogP contribution in [0.1, 0.15) is 6.42 Å². The maximum absolute atomic E-state index is 12.9. The smallest absolute Gasteiger partial charge is 0.251 e. The fraction of sp³-hybridized carbons (Fsp3) is 0.333. The van der Waals surface area contributed by atoms with Crippen LogP contribution in [0, 0.1) is 0 Å². The van der Waals surface area contributed by atoms with Crippen LogP contribution in [-0.4, -0.2) is 58.9 Å². The fourth-order valence-electron chi connectivity index (χ4n) is 3.45. The van der Waals surface area contributed by atoms with Crippen molar-refractivity contribution in [3.63, 3.8) is 0 Å². The van der Waals surface area contributed by atoms with E-state index >= 15 is 0 Å². The molecule has 1 atom stereocenters. The first-order chi connectivity index (χ1) is 12.6. The van der Waals surface area contributed by atoms with Crippen molar-refractivity contribution in [1.29, 1.82) is 0 Å². The molecule has 0 saturated carbocycles. The molecule has 7 nitrogen and oxygen atoms in total. The van der Waals surface area contributed by atoms with Crippen LogP contribution in [0.15, 0.2) is 47.2 Å². The normalized spacial score (nSPS) is 21.5. The van der Waals surface area contributed by atoms with Crippen LogP contribution in [0.5, 0.6) is 0 Å². The molecule has 26 heavy (non-hydrogen) atoms. The summed E-state index contributed by atoms with van der Waals surface area (Å²) in [5, 5.41) is 0. The van der Waals surface area contributed by atoms with Crippen molar-refractivity contribution in [2.24, 2.45) is 0 Å². The van der Waals surface area contributed by atoms with Crippen LogP contribution >= 0.6 is 15.9 Å². The number of rotatable bonds is 3. The second-order valence-corrected chi connectivity index (χ2v) is 7.25. The van der Waals surface area contributed by atoms with Gasteiger partial charge in [0, 0.05) is 43.0 Å². The van der Waals surface area contributed by atoms with Gasteiger partial charge in [0.1, 0.15) is 0 Å². The second kappa shape index (κ2) is 7.13. The molecule has 0 aliphatic carbocycles. The molecule has 2 aliphatic heterocycles. The highest BCUT2D eigenvalue weighted by Gasteiger charge is 2.43. The minimum absolute atomic E-state index is 0.137. The Morgan fingerprint density at radius 1 is 0.962 bits per heavy atom. The number of anilines is 2. The van der Waals surface area contributed by atoms with E-state index < -0.39 is 0 Å². The third-order valence-electron chi connectivity index (χ3n) is 4.80. The van der Waals surface area contributed by atoms with Crippen molar-refractivity contribution < 1.29 is 9.59 Å². The summed E-state index contributed by atoms with van der Waals surface area (Å²) in [4.78, 5) is 39.4. The maximum Gasteiger partial charge on any atom is 0.251 e. The van der Waals surface area contributed by atoms with Crippen LogP contribution in [0.2, 0.25) is 0 Å². The average Bonchev–Trinajstić information content (AvgIpc) is 2.98. The van der Waals surface area contributed by atoms with Crippen molar-refractivity contribution >= 4 is 39.4 Å². The summed E-state index contributed by atoms with van der Waals surface area (Å²) in [5.74, 6) is 0.426. The molecule has 4 rings (SSSR count). The first kappa shape index (κ1) is 17.1. The minimum Gasteiger partial charge on any atom is -0.338 e. The number of imide groups is 1. The zero-order valence-corrected chi connectivity index (χ0v) is 15.7. The van der Waals surface area contributed by atoms with Crippen LogP contribution in [-0.2, 0) is 9.59 Å². The number of hydrogen-bond acceptors (Lipinski definition) is 6. The van der Waals surface area contributed by atoms with Gasteiger partial charge in [-0.25, -0.2) is 14.9 Å². The van der Waals surface area contributed by atoms with E-state index in [1.54, 1.807) is 30.6 Å². The summed E-state index contributed by atoms with van der Waals surface area (Å²) in [7, 11) is 0. The van der Waals surface area contributed by atoms with Crippen LogP contribution in [0.25, 0.3) is 0 Å². The summed E-state index contributed by atoms with van der Waals surface area (Å²) >= 11 is 3.37. The van der Waals surface area contributed by atoms with Gasteiger partial charge < -0.3 is 4.90 Å². The molecule has 3 heterocycles. The Balaban J connectivity index is 1.44. The van der Waals surface area contributed by atoms with E-state index in [1.165, 1.54) is 4.90 Å². The van der Waals surface area contributed by atoms with Gasteiger partial charge in [-0.3, -0.25) is 14.5 Å². The Hall–Kier alpha value is -2.32. The van der Waals surface area contributed by atoms with Crippen molar-refractivity contribution in [2.75, 3.05) is 36.0 Å². The second-order valence-electron chi connectivity index (χ2n) is 6.34. The summed E-state index contributed by atoms with van der Waals surface area (Å²) in [6, 6.07) is 8.65. The number of hydrogen-bond donors (Lipinski definition) is 0. The molecule has 0 spiro atoms. The minimum atomic E-state index is -0.384. The van der Waals surface area contributed by atoms with E-state index in [-0.39, 0.29) is 24.3 Å². The Bertz CT molecular complexity index is 806. The van der Waals surface area contributed by atoms with Crippen LogP contribution in [0.3, 0.4) is 0 Å². The number of halogens is 1. The quantitative estimate of drug-likeness (QED) is 0.710. The van der Waals surface area contributed by atoms with Crippen molar-refractivity contribution in [1.82, 2.24) is 14.9 Å². The molecular weight excluding hydrogens is 398 g/mol. The number of amides is 2. The van der Waals surface area contributed by atoms with Gasteiger partial charge in [-0.15, -0.1) is 0 Å². The van der Waals surface area contributed by atoms with Crippen LogP contribution < -0.4 is 9.80 Å². The maximum atomic E-state index is 12.9. The zero-order chi connectivity index (χ0) is 18.1. The van der Waals surface area contributed by atoms with Crippen molar-refractivity contribution in [2.45, 2.75) is 12.5 Å². The Labute approximate surface area is 159 Å². The Morgan fingerprint density at radius 3 is 2.27 bits per heavy atom. The highest BCUT2D eigenvalue weighted by atomic mass is 79.9. The lowest BCUT2D eigenvalue weighted by Gasteiger charge is -2.36. The van der Waals surface area contributed by atoms with E-state index in [4.69, 9.17) is 0 Å². The molecule has 0 radical (unpaired) electrons. The van der Waals surface area contributed by atoms with Gasteiger partial charge in [0.15, 0.2) is 0 Å². The SMILES string of the molecule is O=C1C[C@H](N2CCN(c3ncccn3)CC2)C(=O)N1c1ccc(Br)cc1. The molecule has 134 valence electrons. The van der Waals surface area contributed by atoms with Gasteiger partial charge in [-0.05, 0) is 30.3 Å². The number of benzene rings is 1. The highest BCUT2D eigenvalue weighted by molar-refractivity contribution is 9.10. The number of piperazine rings is 1. The molecule has 2 aliphatic rings. The molecule has 1 aromatic carbocycles. The third kappa shape index (κ3) is 3.22. The van der Waals surface area contributed by atoms with E-state index in [2.05, 4.69) is 35.7 Å². The number of aromatic nitrogens is 2. The Morgan fingerprint density at radius 2 is 1.62 bits per heavy atom. The fourth-order valence-corrected chi connectivity index (χ4v) is 3.72. The van der Waals surface area contributed by atoms with Gasteiger partial charge >= 0.3 is 0 Å². The standard InChI is InChI=1S/C18H18BrN5O2/c19-13-2-4-14(5-3-13)24-16(25)12-15(17(24)26)22-8-10-23(11-9-22)18-20-6-1-7-21-18/h1-7,15H,8-12H2/t15-/m0/s1. The predicted octanol–water partition coefficient (Wildman–Crippen LogP) is 1.69. The average molecular weight is 416 g/mol. The van der Waals surface area contributed by atoms with Gasteiger partial charge in [-0.1, -0.05) is 15.9 Å². The molecule has 2 fully saturated rings. The van der Waals surface area contributed by atoms with Gasteiger partial charge in [0.05, 0.1) is 18.2 Å². The van der Waals surface area contributed by atoms with E-state index in [0.717, 1.165) is 17.6 Å². The van der Waals surface area contributed by atoms with E-state index in [9.17, 15) is 9.59 Å². The lowest BCUT2D eigenvalue weighted by atomic mass is 10.2.